The van der Waals surface area contributed by atoms with Gasteiger partial charge in [0.2, 0.25) is 11.7 Å². The van der Waals surface area contributed by atoms with Crippen LogP contribution in [-0.2, 0) is 11.2 Å². The highest BCUT2D eigenvalue weighted by Crippen LogP contribution is 2.30. The average molecular weight is 290 g/mol. The van der Waals surface area contributed by atoms with Gasteiger partial charge in [0.25, 0.3) is 5.69 Å². The summed E-state index contributed by atoms with van der Waals surface area (Å²) < 4.78 is 10.3. The third-order valence-electron chi connectivity index (χ3n) is 2.82. The zero-order valence-corrected chi connectivity index (χ0v) is 11.7. The maximum absolute atomic E-state index is 11.8. The molecule has 7 nitrogen and oxygen atoms in total. The van der Waals surface area contributed by atoms with Crippen LogP contribution >= 0.6 is 0 Å². The van der Waals surface area contributed by atoms with Gasteiger partial charge in [-0.25, -0.2) is 9.78 Å². The fraction of sp³-hybridized carbons (Fsp3) is 0.286. The van der Waals surface area contributed by atoms with Gasteiger partial charge in [-0.3, -0.25) is 10.1 Å². The molecule has 0 aliphatic carbocycles. The van der Waals surface area contributed by atoms with Gasteiger partial charge in [-0.15, -0.1) is 0 Å². The number of nitro groups is 1. The van der Waals surface area contributed by atoms with Gasteiger partial charge in [-0.2, -0.15) is 0 Å². The van der Waals surface area contributed by atoms with Crippen LogP contribution in [0.1, 0.15) is 30.1 Å². The van der Waals surface area contributed by atoms with Gasteiger partial charge in [0.1, 0.15) is 5.56 Å². The van der Waals surface area contributed by atoms with E-state index in [2.05, 4.69) is 4.98 Å². The molecule has 0 unspecified atom stereocenters. The first-order valence-corrected chi connectivity index (χ1v) is 6.49. The number of carbonyl (C=O) groups excluding carboxylic acids is 1. The average Bonchev–Trinajstić information content (AvgIpc) is 2.91. The van der Waals surface area contributed by atoms with E-state index in [-0.39, 0.29) is 29.5 Å². The van der Waals surface area contributed by atoms with Crippen LogP contribution in [0.5, 0.6) is 0 Å². The van der Waals surface area contributed by atoms with Crippen LogP contribution in [0.2, 0.25) is 0 Å². The summed E-state index contributed by atoms with van der Waals surface area (Å²) in [6.07, 6.45) is 0.457. The van der Waals surface area contributed by atoms with Crippen molar-refractivity contribution in [3.8, 4) is 11.5 Å². The summed E-state index contributed by atoms with van der Waals surface area (Å²) in [4.78, 5) is 26.5. The number of aryl methyl sites for hydroxylation is 1. The molecule has 2 aromatic rings. The number of esters is 1. The molecule has 1 aromatic heterocycles. The van der Waals surface area contributed by atoms with Crippen molar-refractivity contribution in [1.82, 2.24) is 4.98 Å². The second-order valence-electron chi connectivity index (χ2n) is 4.14. The van der Waals surface area contributed by atoms with Gasteiger partial charge in [0.05, 0.1) is 17.2 Å². The molecular weight excluding hydrogens is 276 g/mol. The highest BCUT2D eigenvalue weighted by atomic mass is 16.6. The van der Waals surface area contributed by atoms with Crippen LogP contribution in [0.4, 0.5) is 5.69 Å². The summed E-state index contributed by atoms with van der Waals surface area (Å²) in [6, 6.07) is 6.08. The summed E-state index contributed by atoms with van der Waals surface area (Å²) in [6.45, 7) is 3.70. The lowest BCUT2D eigenvalue weighted by Crippen LogP contribution is -2.05. The minimum atomic E-state index is -0.619. The molecule has 0 amide bonds. The molecule has 7 heteroatoms. The molecule has 0 saturated carbocycles. The monoisotopic (exact) mass is 290 g/mol. The lowest BCUT2D eigenvalue weighted by Gasteiger charge is -1.99. The first-order chi connectivity index (χ1) is 10.1. The van der Waals surface area contributed by atoms with Crippen molar-refractivity contribution >= 4 is 11.7 Å². The summed E-state index contributed by atoms with van der Waals surface area (Å²) >= 11 is 0. The first kappa shape index (κ1) is 14.7. The van der Waals surface area contributed by atoms with Crippen LogP contribution in [0, 0.1) is 10.1 Å². The standard InChI is InChI=1S/C14H14N2O5/c1-3-10-12(14(17)20-4-2)21-13(15-10)9-7-5-6-8-11(9)16(18)19/h5-8H,3-4H2,1-2H3. The van der Waals surface area contributed by atoms with Crippen molar-refractivity contribution in [2.75, 3.05) is 6.61 Å². The Morgan fingerprint density at radius 3 is 2.71 bits per heavy atom. The Hall–Kier alpha value is -2.70. The van der Waals surface area contributed by atoms with Crippen LogP contribution < -0.4 is 0 Å². The number of hydrogen-bond donors (Lipinski definition) is 0. The minimum Gasteiger partial charge on any atom is -0.460 e. The zero-order chi connectivity index (χ0) is 15.4. The van der Waals surface area contributed by atoms with E-state index in [0.29, 0.717) is 12.1 Å². The maximum atomic E-state index is 11.8. The number of aromatic nitrogens is 1. The molecule has 0 atom stereocenters. The van der Waals surface area contributed by atoms with Gasteiger partial charge in [-0.1, -0.05) is 19.1 Å². The number of carbonyl (C=O) groups is 1. The van der Waals surface area contributed by atoms with E-state index in [4.69, 9.17) is 9.15 Å². The number of nitro benzene ring substituents is 1. The Morgan fingerprint density at radius 2 is 2.10 bits per heavy atom. The Labute approximate surface area is 120 Å². The van der Waals surface area contributed by atoms with Gasteiger partial charge in [-0.05, 0) is 19.4 Å². The topological polar surface area (TPSA) is 95.5 Å². The fourth-order valence-corrected chi connectivity index (χ4v) is 1.88. The van der Waals surface area contributed by atoms with E-state index >= 15 is 0 Å². The second-order valence-corrected chi connectivity index (χ2v) is 4.14. The van der Waals surface area contributed by atoms with Gasteiger partial charge in [0, 0.05) is 6.07 Å². The Morgan fingerprint density at radius 1 is 1.38 bits per heavy atom. The van der Waals surface area contributed by atoms with Gasteiger partial charge in [0.15, 0.2) is 0 Å². The van der Waals surface area contributed by atoms with Crippen LogP contribution in [0.3, 0.4) is 0 Å². The van der Waals surface area contributed by atoms with E-state index in [9.17, 15) is 14.9 Å². The smallest absolute Gasteiger partial charge is 0.376 e. The summed E-state index contributed by atoms with van der Waals surface area (Å²) in [7, 11) is 0. The van der Waals surface area contributed by atoms with Crippen molar-refractivity contribution in [1.29, 1.82) is 0 Å². The largest absolute Gasteiger partial charge is 0.460 e. The molecule has 2 rings (SSSR count). The third-order valence-corrected chi connectivity index (χ3v) is 2.82. The number of nitrogens with zero attached hydrogens (tertiary/aromatic N) is 2. The maximum Gasteiger partial charge on any atom is 0.376 e. The summed E-state index contributed by atoms with van der Waals surface area (Å²) in [5.74, 6) is -0.582. The van der Waals surface area contributed by atoms with Crippen LogP contribution in [0.25, 0.3) is 11.5 Å². The van der Waals surface area contributed by atoms with Gasteiger partial charge >= 0.3 is 5.97 Å². The molecule has 0 N–H and O–H groups in total. The van der Waals surface area contributed by atoms with Crippen molar-refractivity contribution in [2.24, 2.45) is 0 Å². The quantitative estimate of drug-likeness (QED) is 0.477. The van der Waals surface area contributed by atoms with Crippen molar-refractivity contribution in [3.05, 3.63) is 45.8 Å². The molecule has 1 aromatic carbocycles. The molecular formula is C14H14N2O5. The summed E-state index contributed by atoms with van der Waals surface area (Å²) in [5, 5.41) is 11.0. The van der Waals surface area contributed by atoms with E-state index in [1.165, 1.54) is 12.1 Å². The number of ether oxygens (including phenoxy) is 1. The van der Waals surface area contributed by atoms with Crippen LogP contribution in [-0.4, -0.2) is 22.5 Å². The lowest BCUT2D eigenvalue weighted by atomic mass is 10.2. The molecule has 1 heterocycles. The van der Waals surface area contributed by atoms with Crippen molar-refractivity contribution < 1.29 is 18.9 Å². The lowest BCUT2D eigenvalue weighted by molar-refractivity contribution is -0.384. The number of benzene rings is 1. The van der Waals surface area contributed by atoms with Crippen molar-refractivity contribution in [2.45, 2.75) is 20.3 Å². The van der Waals surface area contributed by atoms with Crippen LogP contribution in [0.15, 0.2) is 28.7 Å². The highest BCUT2D eigenvalue weighted by molar-refractivity contribution is 5.88. The molecule has 0 aliphatic rings. The number of rotatable bonds is 5. The number of hydrogen-bond acceptors (Lipinski definition) is 6. The molecule has 110 valence electrons. The first-order valence-electron chi connectivity index (χ1n) is 6.49. The minimum absolute atomic E-state index is 0.00694. The molecule has 0 saturated heterocycles. The molecule has 0 bridgehead atoms. The normalized spacial score (nSPS) is 10.4. The molecule has 0 fully saturated rings. The number of oxazole rings is 1. The molecule has 0 spiro atoms. The Balaban J connectivity index is 2.51. The van der Waals surface area contributed by atoms with Crippen molar-refractivity contribution in [3.63, 3.8) is 0 Å². The van der Waals surface area contributed by atoms with E-state index < -0.39 is 10.9 Å². The highest BCUT2D eigenvalue weighted by Gasteiger charge is 2.24. The molecule has 0 aliphatic heterocycles. The van der Waals surface area contributed by atoms with E-state index in [1.54, 1.807) is 19.1 Å². The van der Waals surface area contributed by atoms with E-state index in [1.807, 2.05) is 6.92 Å². The van der Waals surface area contributed by atoms with Gasteiger partial charge < -0.3 is 9.15 Å². The Kier molecular flexibility index (Phi) is 4.32. The predicted octanol–water partition coefficient (Wildman–Crippen LogP) is 2.99. The van der Waals surface area contributed by atoms with E-state index in [0.717, 1.165) is 0 Å². The number of para-hydroxylation sites is 1. The predicted molar refractivity (Wildman–Crippen MR) is 73.9 cm³/mol. The summed E-state index contributed by atoms with van der Waals surface area (Å²) in [5.41, 5.74) is 0.520. The molecule has 21 heavy (non-hydrogen) atoms. The Bertz CT molecular complexity index is 678. The SMILES string of the molecule is CCOC(=O)c1oc(-c2ccccc2[N+](=O)[O-])nc1CC. The fourth-order valence-electron chi connectivity index (χ4n) is 1.88. The molecule has 0 radical (unpaired) electrons. The zero-order valence-electron chi connectivity index (χ0n) is 11.7. The third kappa shape index (κ3) is 2.91. The second kappa shape index (κ2) is 6.17.